The van der Waals surface area contributed by atoms with Crippen LogP contribution in [0, 0.1) is 13.8 Å². The minimum Gasteiger partial charge on any atom is -0.507 e. The number of aromatic nitrogens is 1. The first-order chi connectivity index (χ1) is 17.3. The number of carbonyl (C=O) groups excluding carboxylic acids is 3. The highest BCUT2D eigenvalue weighted by Gasteiger charge is 2.48. The second-order valence-corrected chi connectivity index (χ2v) is 9.08. The summed E-state index contributed by atoms with van der Waals surface area (Å²) in [6, 6.07) is 12.8. The molecule has 3 aromatic rings. The molecule has 0 aliphatic carbocycles. The van der Waals surface area contributed by atoms with Crippen molar-refractivity contribution in [3.05, 3.63) is 94.0 Å². The average Bonchev–Trinajstić information content (AvgIpc) is 3.39. The van der Waals surface area contributed by atoms with E-state index in [-0.39, 0.29) is 21.3 Å². The number of anilines is 1. The van der Waals surface area contributed by atoms with Gasteiger partial charge in [0.15, 0.2) is 5.13 Å². The van der Waals surface area contributed by atoms with Crippen LogP contribution in [0.1, 0.15) is 38.1 Å². The lowest BCUT2D eigenvalue weighted by Crippen LogP contribution is -2.29. The zero-order chi connectivity index (χ0) is 26.0. The van der Waals surface area contributed by atoms with E-state index in [0.29, 0.717) is 29.2 Å². The summed E-state index contributed by atoms with van der Waals surface area (Å²) in [7, 11) is 1.25. The summed E-state index contributed by atoms with van der Waals surface area (Å²) in [5.41, 5.74) is 2.24. The first kappa shape index (κ1) is 24.9. The van der Waals surface area contributed by atoms with Gasteiger partial charge in [0.2, 0.25) is 0 Å². The number of methoxy groups -OCH3 is 1. The van der Waals surface area contributed by atoms with Gasteiger partial charge in [-0.15, -0.1) is 0 Å². The fourth-order valence-electron chi connectivity index (χ4n) is 3.88. The predicted octanol–water partition coefficient (Wildman–Crippen LogP) is 4.74. The Bertz CT molecular complexity index is 1370. The number of aliphatic hydroxyl groups is 1. The topological polar surface area (TPSA) is 106 Å². The highest BCUT2D eigenvalue weighted by Crippen LogP contribution is 2.44. The summed E-state index contributed by atoms with van der Waals surface area (Å²) < 4.78 is 10.4. The molecular weight excluding hydrogens is 480 g/mol. The predicted molar refractivity (Wildman–Crippen MR) is 136 cm³/mol. The Morgan fingerprint density at radius 2 is 1.81 bits per heavy atom. The van der Waals surface area contributed by atoms with Crippen LogP contribution in [0.4, 0.5) is 5.13 Å². The van der Waals surface area contributed by atoms with Crippen molar-refractivity contribution in [3.63, 3.8) is 0 Å². The molecule has 9 heteroatoms. The van der Waals surface area contributed by atoms with Crippen LogP contribution in [-0.4, -0.2) is 41.5 Å². The summed E-state index contributed by atoms with van der Waals surface area (Å²) in [6.07, 6.45) is 1.62. The van der Waals surface area contributed by atoms with Gasteiger partial charge in [-0.2, -0.15) is 0 Å². The third-order valence-corrected chi connectivity index (χ3v) is 6.83. The molecule has 2 heterocycles. The van der Waals surface area contributed by atoms with Crippen LogP contribution in [0.25, 0.3) is 5.76 Å². The van der Waals surface area contributed by atoms with E-state index in [1.165, 1.54) is 12.0 Å². The number of esters is 1. The van der Waals surface area contributed by atoms with E-state index in [2.05, 4.69) is 11.6 Å². The summed E-state index contributed by atoms with van der Waals surface area (Å²) in [5.74, 6) is -2.02. The monoisotopic (exact) mass is 504 g/mol. The minimum atomic E-state index is -0.976. The Balaban J connectivity index is 1.88. The maximum Gasteiger partial charge on any atom is 0.350 e. The van der Waals surface area contributed by atoms with Crippen molar-refractivity contribution >= 4 is 39.9 Å². The molecule has 0 radical (unpaired) electrons. The van der Waals surface area contributed by atoms with Crippen molar-refractivity contribution in [2.24, 2.45) is 0 Å². The van der Waals surface area contributed by atoms with Crippen LogP contribution in [-0.2, 0) is 14.3 Å². The Morgan fingerprint density at radius 3 is 2.42 bits per heavy atom. The van der Waals surface area contributed by atoms with Crippen LogP contribution < -0.4 is 9.64 Å². The Labute approximate surface area is 212 Å². The molecule has 1 aliphatic heterocycles. The molecule has 0 spiro atoms. The van der Waals surface area contributed by atoms with Crippen molar-refractivity contribution < 1.29 is 29.0 Å². The average molecular weight is 505 g/mol. The van der Waals surface area contributed by atoms with Crippen LogP contribution in [0.3, 0.4) is 0 Å². The number of thiazole rings is 1. The molecule has 1 aromatic heterocycles. The number of ether oxygens (including phenoxy) is 2. The van der Waals surface area contributed by atoms with E-state index in [0.717, 1.165) is 16.9 Å². The van der Waals surface area contributed by atoms with Gasteiger partial charge in [0, 0.05) is 5.56 Å². The quantitative estimate of drug-likeness (QED) is 0.163. The molecule has 1 fully saturated rings. The van der Waals surface area contributed by atoms with Gasteiger partial charge >= 0.3 is 11.9 Å². The van der Waals surface area contributed by atoms with Crippen LogP contribution in [0.2, 0.25) is 0 Å². The fourth-order valence-corrected chi connectivity index (χ4v) is 4.89. The van der Waals surface area contributed by atoms with Gasteiger partial charge in [0.05, 0.1) is 24.4 Å². The molecule has 1 amide bonds. The van der Waals surface area contributed by atoms with Gasteiger partial charge < -0.3 is 14.6 Å². The second kappa shape index (κ2) is 10.2. The van der Waals surface area contributed by atoms with Gasteiger partial charge in [0.1, 0.15) is 23.0 Å². The first-order valence-corrected chi connectivity index (χ1v) is 11.9. The Hall–Kier alpha value is -4.24. The number of aryl methyl sites for hydroxylation is 2. The van der Waals surface area contributed by atoms with E-state index in [1.807, 2.05) is 6.92 Å². The van der Waals surface area contributed by atoms with Gasteiger partial charge in [-0.25, -0.2) is 9.78 Å². The van der Waals surface area contributed by atoms with Gasteiger partial charge in [-0.3, -0.25) is 14.5 Å². The van der Waals surface area contributed by atoms with Crippen molar-refractivity contribution in [1.29, 1.82) is 0 Å². The second-order valence-electron chi connectivity index (χ2n) is 8.11. The van der Waals surface area contributed by atoms with Gasteiger partial charge in [-0.05, 0) is 31.5 Å². The van der Waals surface area contributed by atoms with E-state index in [4.69, 9.17) is 9.47 Å². The van der Waals surface area contributed by atoms with E-state index in [1.54, 1.807) is 61.5 Å². The maximum absolute atomic E-state index is 13.3. The number of amides is 1. The largest absolute Gasteiger partial charge is 0.507 e. The molecule has 0 bridgehead atoms. The number of Topliss-reactive ketones (excluding diaryl/α,β-unsaturated/α-hetero) is 1. The zero-order valence-electron chi connectivity index (χ0n) is 20.0. The number of ketones is 1. The number of nitrogens with zero attached hydrogens (tertiary/aromatic N) is 2. The molecule has 1 saturated heterocycles. The Kier molecular flexibility index (Phi) is 7.03. The summed E-state index contributed by atoms with van der Waals surface area (Å²) in [6.45, 7) is 7.47. The van der Waals surface area contributed by atoms with Crippen molar-refractivity contribution in [3.8, 4) is 5.75 Å². The number of rotatable bonds is 7. The summed E-state index contributed by atoms with van der Waals surface area (Å²) in [4.78, 5) is 44.6. The van der Waals surface area contributed by atoms with Crippen molar-refractivity contribution in [2.75, 3.05) is 18.6 Å². The van der Waals surface area contributed by atoms with Gasteiger partial charge in [0.25, 0.3) is 5.78 Å². The molecule has 1 unspecified atom stereocenters. The number of carbonyl (C=O) groups is 3. The normalized spacial score (nSPS) is 16.8. The van der Waals surface area contributed by atoms with Crippen LogP contribution in [0.15, 0.2) is 66.8 Å². The van der Waals surface area contributed by atoms with Gasteiger partial charge in [-0.1, -0.05) is 66.0 Å². The molecule has 0 saturated carbocycles. The van der Waals surface area contributed by atoms with E-state index >= 15 is 0 Å². The minimum absolute atomic E-state index is 0.0731. The maximum atomic E-state index is 13.3. The van der Waals surface area contributed by atoms with Crippen LogP contribution >= 0.6 is 11.3 Å². The molecule has 1 aliphatic rings. The SMILES string of the molecule is C=CCOc1ccc(C2/C(=C(\O)c3ccc(C)cc3)C(=O)C(=O)N2c2nc(C)c(C(=O)OC)s2)cc1. The molecular formula is C27H24N2O6S. The van der Waals surface area contributed by atoms with Crippen LogP contribution in [0.5, 0.6) is 5.75 Å². The highest BCUT2D eigenvalue weighted by molar-refractivity contribution is 7.17. The number of benzene rings is 2. The number of aliphatic hydroxyl groups excluding tert-OH is 1. The highest BCUT2D eigenvalue weighted by atomic mass is 32.1. The lowest BCUT2D eigenvalue weighted by Gasteiger charge is -2.23. The first-order valence-electron chi connectivity index (χ1n) is 11.0. The van der Waals surface area contributed by atoms with E-state index in [9.17, 15) is 19.5 Å². The number of hydrogen-bond donors (Lipinski definition) is 1. The fraction of sp³-hybridized carbons (Fsp3) is 0.185. The lowest BCUT2D eigenvalue weighted by molar-refractivity contribution is -0.132. The van der Waals surface area contributed by atoms with Crippen molar-refractivity contribution in [1.82, 2.24) is 4.98 Å². The molecule has 8 nitrogen and oxygen atoms in total. The molecule has 1 N–H and O–H groups in total. The lowest BCUT2D eigenvalue weighted by atomic mass is 9.95. The third kappa shape index (κ3) is 4.52. The molecule has 1 atom stereocenters. The molecule has 184 valence electrons. The smallest absolute Gasteiger partial charge is 0.350 e. The van der Waals surface area contributed by atoms with E-state index < -0.39 is 23.7 Å². The molecule has 4 rings (SSSR count). The van der Waals surface area contributed by atoms with Crippen molar-refractivity contribution in [2.45, 2.75) is 19.9 Å². The molecule has 36 heavy (non-hydrogen) atoms. The standard InChI is InChI=1S/C27H24N2O6S/c1-5-14-35-19-12-10-17(11-13-19)21-20(22(30)18-8-6-15(2)7-9-18)23(31)25(32)29(21)27-28-16(3)24(36-27)26(33)34-4/h5-13,21,30H,1,14H2,2-4H3/b22-20+. The molecule has 2 aromatic carbocycles. The Morgan fingerprint density at radius 1 is 1.14 bits per heavy atom. The summed E-state index contributed by atoms with van der Waals surface area (Å²) in [5, 5.41) is 11.4. The summed E-state index contributed by atoms with van der Waals surface area (Å²) >= 11 is 0.947. The zero-order valence-corrected chi connectivity index (χ0v) is 20.8. The third-order valence-electron chi connectivity index (χ3n) is 5.70. The number of hydrogen-bond acceptors (Lipinski definition) is 8.